The van der Waals surface area contributed by atoms with Crippen LogP contribution in [0.5, 0.6) is 0 Å². The number of rotatable bonds is 4. The van der Waals surface area contributed by atoms with Crippen molar-refractivity contribution in [1.82, 2.24) is 10.2 Å². The summed E-state index contributed by atoms with van der Waals surface area (Å²) in [6.07, 6.45) is 0. The van der Waals surface area contributed by atoms with Crippen LogP contribution in [0.1, 0.15) is 6.92 Å². The van der Waals surface area contributed by atoms with Gasteiger partial charge in [0.1, 0.15) is 12.6 Å². The molecule has 0 radical (unpaired) electrons. The fraction of sp³-hybridized carbons (Fsp3) is 0.571. The van der Waals surface area contributed by atoms with Gasteiger partial charge in [-0.3, -0.25) is 9.59 Å². The number of aliphatic carboxylic acids is 1. The predicted octanol–water partition coefficient (Wildman–Crippen LogP) is -1.41. The number of carbonyl (C=O) groups excluding carboxylic acids is 2. The lowest BCUT2D eigenvalue weighted by molar-refractivity contribution is -0.138. The molecule has 80 valence electrons. The first-order valence-corrected chi connectivity index (χ1v) is 3.87. The predicted molar refractivity (Wildman–Crippen MR) is 47.5 cm³/mol. The monoisotopic (exact) mass is 203 g/mol. The Morgan fingerprint density at radius 2 is 2.00 bits per heavy atom. The molecule has 0 saturated heterocycles. The first-order chi connectivity index (χ1) is 6.34. The minimum atomic E-state index is -1.15. The van der Waals surface area contributed by atoms with Gasteiger partial charge < -0.3 is 21.1 Å². The second kappa shape index (κ2) is 5.05. The van der Waals surface area contributed by atoms with Gasteiger partial charge in [0.05, 0.1) is 0 Å². The molecule has 0 aliphatic carbocycles. The Balaban J connectivity index is 4.07. The van der Waals surface area contributed by atoms with E-state index in [0.29, 0.717) is 0 Å². The normalized spacial score (nSPS) is 11.6. The van der Waals surface area contributed by atoms with Crippen molar-refractivity contribution in [2.45, 2.75) is 13.0 Å². The van der Waals surface area contributed by atoms with Crippen LogP contribution in [0.15, 0.2) is 0 Å². The van der Waals surface area contributed by atoms with E-state index >= 15 is 0 Å². The minimum absolute atomic E-state index is 0.252. The maximum Gasteiger partial charge on any atom is 0.325 e. The molecule has 0 spiro atoms. The van der Waals surface area contributed by atoms with Crippen molar-refractivity contribution in [2.75, 3.05) is 13.6 Å². The van der Waals surface area contributed by atoms with Gasteiger partial charge in [-0.25, -0.2) is 4.79 Å². The number of hydrogen-bond donors (Lipinski definition) is 3. The number of amides is 3. The Morgan fingerprint density at radius 1 is 1.50 bits per heavy atom. The van der Waals surface area contributed by atoms with E-state index in [1.165, 1.54) is 14.0 Å². The zero-order chi connectivity index (χ0) is 11.3. The lowest BCUT2D eigenvalue weighted by atomic mass is 10.3. The number of urea groups is 1. The number of likely N-dealkylation sites (N-methyl/N-ethyl adjacent to an activating group) is 1. The summed E-state index contributed by atoms with van der Waals surface area (Å²) < 4.78 is 0. The average molecular weight is 203 g/mol. The number of nitrogens with one attached hydrogen (secondary N) is 1. The molecule has 0 saturated carbocycles. The highest BCUT2D eigenvalue weighted by Gasteiger charge is 2.17. The first kappa shape index (κ1) is 12.2. The molecular weight excluding hydrogens is 190 g/mol. The van der Waals surface area contributed by atoms with Crippen molar-refractivity contribution in [3.05, 3.63) is 0 Å². The third kappa shape index (κ3) is 4.29. The van der Waals surface area contributed by atoms with E-state index in [4.69, 9.17) is 10.8 Å². The SMILES string of the molecule is C[C@@H](NC(=O)N(C)CC(N)=O)C(=O)O. The van der Waals surface area contributed by atoms with E-state index in [1.54, 1.807) is 0 Å². The highest BCUT2D eigenvalue weighted by atomic mass is 16.4. The summed E-state index contributed by atoms with van der Waals surface area (Å²) in [5.74, 6) is -1.81. The fourth-order valence-corrected chi connectivity index (χ4v) is 0.663. The maximum atomic E-state index is 11.1. The summed E-state index contributed by atoms with van der Waals surface area (Å²) in [4.78, 5) is 32.9. The molecule has 0 aromatic rings. The molecule has 0 aliphatic heterocycles. The molecule has 0 unspecified atom stereocenters. The van der Waals surface area contributed by atoms with Crippen LogP contribution in [0.4, 0.5) is 4.79 Å². The van der Waals surface area contributed by atoms with Crippen LogP contribution in [-0.2, 0) is 9.59 Å². The number of carboxylic acids is 1. The standard InChI is InChI=1S/C7H13N3O4/c1-4(6(12)13)9-7(14)10(2)3-5(8)11/h4H,3H2,1-2H3,(H2,8,11)(H,9,14)(H,12,13)/t4-/m1/s1. The summed E-state index contributed by atoms with van der Waals surface area (Å²) >= 11 is 0. The van der Waals surface area contributed by atoms with Crippen LogP contribution in [-0.4, -0.2) is 47.5 Å². The van der Waals surface area contributed by atoms with E-state index in [2.05, 4.69) is 5.32 Å². The van der Waals surface area contributed by atoms with E-state index in [-0.39, 0.29) is 6.54 Å². The highest BCUT2D eigenvalue weighted by Crippen LogP contribution is 1.87. The Labute approximate surface area is 80.9 Å². The maximum absolute atomic E-state index is 11.1. The molecule has 7 nitrogen and oxygen atoms in total. The van der Waals surface area contributed by atoms with Crippen LogP contribution < -0.4 is 11.1 Å². The zero-order valence-corrected chi connectivity index (χ0v) is 7.98. The van der Waals surface area contributed by atoms with E-state index in [0.717, 1.165) is 4.90 Å². The summed E-state index contributed by atoms with van der Waals surface area (Å²) in [6.45, 7) is 1.07. The zero-order valence-electron chi connectivity index (χ0n) is 7.98. The third-order valence-corrected chi connectivity index (χ3v) is 1.45. The topological polar surface area (TPSA) is 113 Å². The fourth-order valence-electron chi connectivity index (χ4n) is 0.663. The van der Waals surface area contributed by atoms with Crippen molar-refractivity contribution < 1.29 is 19.5 Å². The number of carbonyl (C=O) groups is 3. The van der Waals surface area contributed by atoms with Crippen molar-refractivity contribution in [3.63, 3.8) is 0 Å². The quantitative estimate of drug-likeness (QED) is 0.520. The molecule has 0 aromatic heterocycles. The molecule has 0 aliphatic rings. The Kier molecular flexibility index (Phi) is 4.41. The molecule has 0 fully saturated rings. The second-order valence-electron chi connectivity index (χ2n) is 2.83. The Bertz CT molecular complexity index is 253. The van der Waals surface area contributed by atoms with E-state index in [9.17, 15) is 14.4 Å². The Morgan fingerprint density at radius 3 is 2.36 bits per heavy atom. The highest BCUT2D eigenvalue weighted by molar-refractivity contribution is 5.85. The first-order valence-electron chi connectivity index (χ1n) is 3.87. The van der Waals surface area contributed by atoms with Crippen molar-refractivity contribution >= 4 is 17.9 Å². The number of carboxylic acid groups (broad SMARTS) is 1. The largest absolute Gasteiger partial charge is 0.480 e. The lowest BCUT2D eigenvalue weighted by Gasteiger charge is -2.17. The van der Waals surface area contributed by atoms with Crippen molar-refractivity contribution in [2.24, 2.45) is 5.73 Å². The summed E-state index contributed by atoms with van der Waals surface area (Å²) in [5.41, 5.74) is 4.84. The molecule has 0 aromatic carbocycles. The van der Waals surface area contributed by atoms with Crippen LogP contribution in [0.3, 0.4) is 0 Å². The molecule has 1 atom stereocenters. The van der Waals surface area contributed by atoms with Gasteiger partial charge >= 0.3 is 12.0 Å². The number of nitrogens with two attached hydrogens (primary N) is 1. The van der Waals surface area contributed by atoms with E-state index < -0.39 is 23.9 Å². The van der Waals surface area contributed by atoms with Gasteiger partial charge in [-0.1, -0.05) is 0 Å². The van der Waals surface area contributed by atoms with Gasteiger partial charge in [-0.05, 0) is 6.92 Å². The number of hydrogen-bond acceptors (Lipinski definition) is 3. The van der Waals surface area contributed by atoms with Gasteiger partial charge in [0, 0.05) is 7.05 Å². The molecule has 3 amide bonds. The summed E-state index contributed by atoms with van der Waals surface area (Å²) in [5, 5.41) is 10.6. The smallest absolute Gasteiger partial charge is 0.325 e. The van der Waals surface area contributed by atoms with Gasteiger partial charge in [-0.15, -0.1) is 0 Å². The molecule has 0 bridgehead atoms. The van der Waals surface area contributed by atoms with Gasteiger partial charge in [0.15, 0.2) is 0 Å². The minimum Gasteiger partial charge on any atom is -0.480 e. The van der Waals surface area contributed by atoms with Crippen LogP contribution in [0.25, 0.3) is 0 Å². The van der Waals surface area contributed by atoms with Gasteiger partial charge in [0.25, 0.3) is 0 Å². The lowest BCUT2D eigenvalue weighted by Crippen LogP contribution is -2.47. The molecule has 7 heteroatoms. The van der Waals surface area contributed by atoms with Crippen LogP contribution in [0, 0.1) is 0 Å². The Hall–Kier alpha value is -1.79. The number of nitrogens with zero attached hydrogens (tertiary/aromatic N) is 1. The molecule has 4 N–H and O–H groups in total. The summed E-state index contributed by atoms with van der Waals surface area (Å²) in [7, 11) is 1.34. The van der Waals surface area contributed by atoms with Gasteiger partial charge in [-0.2, -0.15) is 0 Å². The van der Waals surface area contributed by atoms with Crippen LogP contribution >= 0.6 is 0 Å². The molecule has 14 heavy (non-hydrogen) atoms. The summed E-state index contributed by atoms with van der Waals surface area (Å²) in [6, 6.07) is -1.66. The molecule has 0 rings (SSSR count). The van der Waals surface area contributed by atoms with E-state index in [1.807, 2.05) is 0 Å². The number of primary amides is 1. The second-order valence-corrected chi connectivity index (χ2v) is 2.83. The third-order valence-electron chi connectivity index (χ3n) is 1.45. The molecular formula is C7H13N3O4. The van der Waals surface area contributed by atoms with Crippen molar-refractivity contribution in [1.29, 1.82) is 0 Å². The molecule has 0 heterocycles. The van der Waals surface area contributed by atoms with Gasteiger partial charge in [0.2, 0.25) is 5.91 Å². The van der Waals surface area contributed by atoms with Crippen LogP contribution in [0.2, 0.25) is 0 Å². The van der Waals surface area contributed by atoms with Crippen molar-refractivity contribution in [3.8, 4) is 0 Å². The average Bonchev–Trinajstić information content (AvgIpc) is 2.02.